The zero-order valence-corrected chi connectivity index (χ0v) is 17.5. The second kappa shape index (κ2) is 10.4. The molecule has 0 bridgehead atoms. The Morgan fingerprint density at radius 2 is 1.73 bits per heavy atom. The van der Waals surface area contributed by atoms with E-state index >= 15 is 0 Å². The number of carbonyl (C=O) groups is 2. The van der Waals surface area contributed by atoms with E-state index in [1.165, 1.54) is 18.2 Å². The summed E-state index contributed by atoms with van der Waals surface area (Å²) in [7, 11) is 0. The summed E-state index contributed by atoms with van der Waals surface area (Å²) in [6.07, 6.45) is -0.790. The van der Waals surface area contributed by atoms with Crippen molar-refractivity contribution in [2.24, 2.45) is 0 Å². The highest BCUT2D eigenvalue weighted by Crippen LogP contribution is 2.30. The zero-order valence-electron chi connectivity index (χ0n) is 16.7. The van der Waals surface area contributed by atoms with Crippen molar-refractivity contribution < 1.29 is 29.1 Å². The molecule has 0 saturated carbocycles. The molecule has 0 saturated heterocycles. The van der Waals surface area contributed by atoms with Crippen LogP contribution in [-0.2, 0) is 16.0 Å². The van der Waals surface area contributed by atoms with Crippen LogP contribution in [0.3, 0.4) is 0 Å². The Balaban J connectivity index is 0.00000450. The van der Waals surface area contributed by atoms with Gasteiger partial charge in [0.2, 0.25) is 5.75 Å². The number of nitrogens with one attached hydrogen (secondary N) is 1. The van der Waals surface area contributed by atoms with Gasteiger partial charge >= 0.3 is 17.7 Å². The summed E-state index contributed by atoms with van der Waals surface area (Å²) in [5.41, 5.74) is -0.279. The molecule has 2 aromatic rings. The fraction of sp³-hybridized carbons (Fsp3) is 0.300. The third-order valence-electron chi connectivity index (χ3n) is 3.64. The topological polar surface area (TPSA) is 128 Å². The van der Waals surface area contributed by atoms with Crippen molar-refractivity contribution in [2.75, 3.05) is 0 Å². The van der Waals surface area contributed by atoms with Gasteiger partial charge in [0.15, 0.2) is 0 Å². The van der Waals surface area contributed by atoms with Gasteiger partial charge < -0.3 is 19.9 Å². The molecule has 0 radical (unpaired) electrons. The van der Waals surface area contributed by atoms with Gasteiger partial charge in [-0.2, -0.15) is 0 Å². The lowest BCUT2D eigenvalue weighted by Gasteiger charge is -2.22. The van der Waals surface area contributed by atoms with Gasteiger partial charge in [-0.15, -0.1) is 12.4 Å². The van der Waals surface area contributed by atoms with Crippen molar-refractivity contribution in [1.29, 1.82) is 0 Å². The van der Waals surface area contributed by atoms with Crippen LogP contribution >= 0.6 is 12.4 Å². The predicted molar refractivity (Wildman–Crippen MR) is 111 cm³/mol. The van der Waals surface area contributed by atoms with Crippen molar-refractivity contribution in [3.05, 3.63) is 64.2 Å². The third kappa shape index (κ3) is 7.59. The Hall–Kier alpha value is -3.33. The highest BCUT2D eigenvalue weighted by Gasteiger charge is 2.24. The molecule has 0 aliphatic carbocycles. The largest absolute Gasteiger partial charge is 0.480 e. The molecule has 0 unspecified atom stereocenters. The number of nitrogens with zero attached hydrogens (tertiary/aromatic N) is 1. The van der Waals surface area contributed by atoms with Crippen LogP contribution in [0.5, 0.6) is 11.5 Å². The van der Waals surface area contributed by atoms with E-state index in [1.54, 1.807) is 51.1 Å². The van der Waals surface area contributed by atoms with E-state index in [1.807, 2.05) is 0 Å². The summed E-state index contributed by atoms with van der Waals surface area (Å²) in [5.74, 6) is -0.744. The summed E-state index contributed by atoms with van der Waals surface area (Å²) in [6, 6.07) is 11.2. The Morgan fingerprint density at radius 3 is 2.27 bits per heavy atom. The number of hydrogen-bond donors (Lipinski definition) is 2. The number of rotatable bonds is 7. The van der Waals surface area contributed by atoms with E-state index in [0.29, 0.717) is 11.3 Å². The molecule has 2 rings (SSSR count). The Bertz CT molecular complexity index is 895. The molecule has 2 N–H and O–H groups in total. The molecule has 0 aliphatic rings. The maximum absolute atomic E-state index is 11.8. The number of nitro groups is 1. The van der Waals surface area contributed by atoms with Crippen LogP contribution in [0.4, 0.5) is 10.5 Å². The second-order valence-corrected chi connectivity index (χ2v) is 7.21. The van der Waals surface area contributed by atoms with Gasteiger partial charge in [0, 0.05) is 12.5 Å². The number of halogens is 1. The molecule has 30 heavy (non-hydrogen) atoms. The van der Waals surface area contributed by atoms with Gasteiger partial charge in [-0.25, -0.2) is 9.59 Å². The summed E-state index contributed by atoms with van der Waals surface area (Å²) >= 11 is 0. The smallest absolute Gasteiger partial charge is 0.408 e. The Labute approximate surface area is 179 Å². The molecule has 162 valence electrons. The van der Waals surface area contributed by atoms with Crippen LogP contribution in [-0.4, -0.2) is 33.7 Å². The number of benzene rings is 2. The summed E-state index contributed by atoms with van der Waals surface area (Å²) in [4.78, 5) is 33.8. The van der Waals surface area contributed by atoms with Crippen LogP contribution in [0.15, 0.2) is 48.5 Å². The van der Waals surface area contributed by atoms with Gasteiger partial charge in [-0.3, -0.25) is 10.1 Å². The maximum atomic E-state index is 11.8. The molecule has 9 nitrogen and oxygen atoms in total. The van der Waals surface area contributed by atoms with Crippen molar-refractivity contribution in [3.8, 4) is 11.5 Å². The first-order chi connectivity index (χ1) is 13.5. The first-order valence-corrected chi connectivity index (χ1v) is 8.77. The van der Waals surface area contributed by atoms with Crippen molar-refractivity contribution in [1.82, 2.24) is 5.32 Å². The van der Waals surface area contributed by atoms with Crippen LogP contribution in [0.25, 0.3) is 0 Å². The third-order valence-corrected chi connectivity index (χ3v) is 3.64. The van der Waals surface area contributed by atoms with E-state index in [-0.39, 0.29) is 30.3 Å². The van der Waals surface area contributed by atoms with Gasteiger partial charge in [0.25, 0.3) is 0 Å². The minimum atomic E-state index is -1.20. The summed E-state index contributed by atoms with van der Waals surface area (Å²) < 4.78 is 10.6. The SMILES string of the molecule is CC(C)(C)OC(=O)N[C@@H](Cc1ccc(Oc2ccccc2[N+](=O)[O-])cc1)C(=O)O.Cl. The number of aliphatic carboxylic acids is 1. The molecule has 0 fully saturated rings. The highest BCUT2D eigenvalue weighted by molar-refractivity contribution is 5.85. The zero-order chi connectivity index (χ0) is 21.6. The summed E-state index contributed by atoms with van der Waals surface area (Å²) in [5, 5.41) is 22.7. The minimum absolute atomic E-state index is 0. The molecule has 1 amide bonds. The van der Waals surface area contributed by atoms with E-state index < -0.39 is 28.6 Å². The number of para-hydroxylation sites is 2. The minimum Gasteiger partial charge on any atom is -0.480 e. The molecular weight excluding hydrogens is 416 g/mol. The molecule has 2 aromatic carbocycles. The van der Waals surface area contributed by atoms with Crippen LogP contribution in [0, 0.1) is 10.1 Å². The van der Waals surface area contributed by atoms with E-state index in [2.05, 4.69) is 5.32 Å². The van der Waals surface area contributed by atoms with Gasteiger partial charge in [0.05, 0.1) is 4.92 Å². The number of carboxylic acid groups (broad SMARTS) is 1. The average Bonchev–Trinajstić information content (AvgIpc) is 2.61. The second-order valence-electron chi connectivity index (χ2n) is 7.21. The molecule has 10 heteroatoms. The predicted octanol–water partition coefficient (Wildman–Crippen LogP) is 4.33. The average molecular weight is 439 g/mol. The number of nitro benzene ring substituents is 1. The molecule has 0 spiro atoms. The van der Waals surface area contributed by atoms with Gasteiger partial charge in [-0.1, -0.05) is 24.3 Å². The first-order valence-electron chi connectivity index (χ1n) is 8.77. The van der Waals surface area contributed by atoms with Crippen molar-refractivity contribution >= 4 is 30.2 Å². The van der Waals surface area contributed by atoms with Crippen LogP contribution in [0.1, 0.15) is 26.3 Å². The maximum Gasteiger partial charge on any atom is 0.408 e. The monoisotopic (exact) mass is 438 g/mol. The lowest BCUT2D eigenvalue weighted by atomic mass is 10.1. The lowest BCUT2D eigenvalue weighted by Crippen LogP contribution is -2.44. The number of alkyl carbamates (subject to hydrolysis) is 1. The summed E-state index contributed by atoms with van der Waals surface area (Å²) in [6.45, 7) is 5.04. The fourth-order valence-corrected chi connectivity index (χ4v) is 2.40. The normalized spacial score (nSPS) is 11.6. The van der Waals surface area contributed by atoms with E-state index in [4.69, 9.17) is 9.47 Å². The van der Waals surface area contributed by atoms with Crippen molar-refractivity contribution in [2.45, 2.75) is 38.8 Å². The number of amides is 1. The molecule has 0 aromatic heterocycles. The van der Waals surface area contributed by atoms with Gasteiger partial charge in [-0.05, 0) is 44.5 Å². The van der Waals surface area contributed by atoms with Gasteiger partial charge in [0.1, 0.15) is 17.4 Å². The Morgan fingerprint density at radius 1 is 1.13 bits per heavy atom. The number of carboxylic acids is 1. The number of hydrogen-bond acceptors (Lipinski definition) is 6. The highest BCUT2D eigenvalue weighted by atomic mass is 35.5. The number of ether oxygens (including phenoxy) is 2. The van der Waals surface area contributed by atoms with E-state index in [9.17, 15) is 24.8 Å². The van der Waals surface area contributed by atoms with Crippen LogP contribution < -0.4 is 10.1 Å². The first kappa shape index (κ1) is 24.7. The standard InChI is InChI=1S/C20H22N2O7.ClH/c1-20(2,3)29-19(25)21-15(18(23)24)12-13-8-10-14(11-9-13)28-17-7-5-4-6-16(17)22(26)27;/h4-11,15H,12H2,1-3H3,(H,21,25)(H,23,24);1H/t15-;/m0./s1. The molecular formula is C20H23ClN2O7. The quantitative estimate of drug-likeness (QED) is 0.486. The molecule has 1 atom stereocenters. The fourth-order valence-electron chi connectivity index (χ4n) is 2.40. The number of carbonyl (C=O) groups excluding carboxylic acids is 1. The van der Waals surface area contributed by atoms with Crippen LogP contribution in [0.2, 0.25) is 0 Å². The Kier molecular flexibility index (Phi) is 8.60. The van der Waals surface area contributed by atoms with E-state index in [0.717, 1.165) is 0 Å². The molecule has 0 aliphatic heterocycles. The molecule has 0 heterocycles. The lowest BCUT2D eigenvalue weighted by molar-refractivity contribution is -0.385. The van der Waals surface area contributed by atoms with Crippen molar-refractivity contribution in [3.63, 3.8) is 0 Å².